The predicted octanol–water partition coefficient (Wildman–Crippen LogP) is 3.15. The fourth-order valence-electron chi connectivity index (χ4n) is 1.95. The number of ether oxygens (including phenoxy) is 1. The van der Waals surface area contributed by atoms with Crippen molar-refractivity contribution in [1.82, 2.24) is 5.32 Å². The summed E-state index contributed by atoms with van der Waals surface area (Å²) in [5, 5.41) is 22.1. The molecule has 9 heteroatoms. The van der Waals surface area contributed by atoms with Gasteiger partial charge in [-0.2, -0.15) is 13.2 Å². The Morgan fingerprint density at radius 2 is 1.84 bits per heavy atom. The molecule has 0 heterocycles. The van der Waals surface area contributed by atoms with Crippen molar-refractivity contribution in [2.45, 2.75) is 51.2 Å². The molecule has 0 aliphatic heterocycles. The summed E-state index contributed by atoms with van der Waals surface area (Å²) in [5.41, 5.74) is -2.52. The van der Waals surface area contributed by atoms with Crippen LogP contribution in [0.5, 0.6) is 0 Å². The third kappa shape index (κ3) is 6.87. The van der Waals surface area contributed by atoms with E-state index in [4.69, 9.17) is 4.74 Å². The Morgan fingerprint density at radius 3 is 2.36 bits per heavy atom. The molecule has 0 saturated heterocycles. The van der Waals surface area contributed by atoms with Crippen LogP contribution in [0.25, 0.3) is 0 Å². The number of alkyl carbamates (subject to hydrolysis) is 1. The van der Waals surface area contributed by atoms with Gasteiger partial charge >= 0.3 is 12.3 Å². The van der Waals surface area contributed by atoms with E-state index in [-0.39, 0.29) is 13.0 Å². The molecule has 0 radical (unpaired) electrons. The second kappa shape index (κ2) is 8.01. The van der Waals surface area contributed by atoms with Crippen LogP contribution in [0.4, 0.5) is 22.4 Å². The first-order valence-electron chi connectivity index (χ1n) is 7.51. The zero-order chi connectivity index (χ0) is 19.4. The van der Waals surface area contributed by atoms with E-state index in [1.54, 1.807) is 20.8 Å². The molecule has 0 spiro atoms. The highest BCUT2D eigenvalue weighted by molar-refractivity contribution is 5.67. The minimum absolute atomic E-state index is 0.117. The van der Waals surface area contributed by atoms with Crippen LogP contribution in [-0.2, 0) is 10.9 Å². The van der Waals surface area contributed by atoms with Crippen molar-refractivity contribution in [3.05, 3.63) is 35.1 Å². The van der Waals surface area contributed by atoms with Gasteiger partial charge in [-0.3, -0.25) is 0 Å². The second-order valence-electron chi connectivity index (χ2n) is 6.46. The first-order chi connectivity index (χ1) is 11.3. The molecule has 3 N–H and O–H groups in total. The maximum Gasteiger partial charge on any atom is 0.416 e. The van der Waals surface area contributed by atoms with Gasteiger partial charge in [-0.15, -0.1) is 0 Å². The van der Waals surface area contributed by atoms with E-state index < -0.39 is 47.0 Å². The summed E-state index contributed by atoms with van der Waals surface area (Å²) in [7, 11) is 0. The van der Waals surface area contributed by atoms with Gasteiger partial charge in [0.1, 0.15) is 17.5 Å². The van der Waals surface area contributed by atoms with Gasteiger partial charge in [0.2, 0.25) is 0 Å². The number of aliphatic hydroxyl groups is 2. The third-order valence-corrected chi connectivity index (χ3v) is 3.11. The molecule has 142 valence electrons. The molecule has 5 nitrogen and oxygen atoms in total. The zero-order valence-corrected chi connectivity index (χ0v) is 14.0. The van der Waals surface area contributed by atoms with Crippen molar-refractivity contribution < 1.29 is 37.3 Å². The Balaban J connectivity index is 2.68. The van der Waals surface area contributed by atoms with Gasteiger partial charge in [-0.05, 0) is 45.4 Å². The SMILES string of the molecule is CC(C)(C)OC(=O)NCCC(O)C(O)c1cc(C(F)(F)F)ccc1F. The molecular weight excluding hydrogens is 346 g/mol. The Kier molecular flexibility index (Phi) is 6.78. The van der Waals surface area contributed by atoms with Crippen LogP contribution in [0.15, 0.2) is 18.2 Å². The summed E-state index contributed by atoms with van der Waals surface area (Å²) in [4.78, 5) is 11.4. The van der Waals surface area contributed by atoms with Crippen LogP contribution in [0.3, 0.4) is 0 Å². The van der Waals surface area contributed by atoms with Crippen LogP contribution in [0.2, 0.25) is 0 Å². The minimum Gasteiger partial charge on any atom is -0.444 e. The van der Waals surface area contributed by atoms with Crippen LogP contribution < -0.4 is 5.32 Å². The van der Waals surface area contributed by atoms with Crippen molar-refractivity contribution in [1.29, 1.82) is 0 Å². The topological polar surface area (TPSA) is 78.8 Å². The summed E-state index contributed by atoms with van der Waals surface area (Å²) < 4.78 is 56.6. The van der Waals surface area contributed by atoms with Crippen LogP contribution in [0.1, 0.15) is 44.4 Å². The van der Waals surface area contributed by atoms with Gasteiger partial charge in [-0.25, -0.2) is 9.18 Å². The maximum atomic E-state index is 13.7. The molecular formula is C16H21F4NO4. The first-order valence-corrected chi connectivity index (χ1v) is 7.51. The molecule has 2 atom stereocenters. The largest absolute Gasteiger partial charge is 0.444 e. The van der Waals surface area contributed by atoms with E-state index in [1.165, 1.54) is 0 Å². The molecule has 0 fully saturated rings. The normalized spacial score (nSPS) is 14.8. The van der Waals surface area contributed by atoms with Crippen LogP contribution >= 0.6 is 0 Å². The van der Waals surface area contributed by atoms with Gasteiger partial charge in [0, 0.05) is 12.1 Å². The van der Waals surface area contributed by atoms with E-state index in [9.17, 15) is 32.6 Å². The molecule has 0 aliphatic carbocycles. The number of aliphatic hydroxyl groups excluding tert-OH is 2. The maximum absolute atomic E-state index is 13.7. The van der Waals surface area contributed by atoms with Crippen molar-refractivity contribution >= 4 is 6.09 Å². The van der Waals surface area contributed by atoms with Gasteiger partial charge < -0.3 is 20.3 Å². The molecule has 1 aromatic carbocycles. The van der Waals surface area contributed by atoms with Crippen molar-refractivity contribution in [3.8, 4) is 0 Å². The second-order valence-corrected chi connectivity index (χ2v) is 6.46. The monoisotopic (exact) mass is 367 g/mol. The van der Waals surface area contributed by atoms with E-state index in [0.717, 1.165) is 0 Å². The molecule has 2 unspecified atom stereocenters. The number of rotatable bonds is 5. The highest BCUT2D eigenvalue weighted by Crippen LogP contribution is 2.32. The van der Waals surface area contributed by atoms with Crippen molar-refractivity contribution in [3.63, 3.8) is 0 Å². The molecule has 0 aliphatic rings. The first kappa shape index (κ1) is 21.2. The number of alkyl halides is 3. The van der Waals surface area contributed by atoms with Crippen molar-refractivity contribution in [2.24, 2.45) is 0 Å². The highest BCUT2D eigenvalue weighted by Gasteiger charge is 2.32. The predicted molar refractivity (Wildman–Crippen MR) is 81.2 cm³/mol. The summed E-state index contributed by atoms with van der Waals surface area (Å²) in [6.07, 6.45) is -9.11. The van der Waals surface area contributed by atoms with Crippen LogP contribution in [0, 0.1) is 5.82 Å². The molecule has 1 amide bonds. The number of nitrogens with one attached hydrogen (secondary N) is 1. The lowest BCUT2D eigenvalue weighted by atomic mass is 9.99. The quantitative estimate of drug-likeness (QED) is 0.699. The number of benzene rings is 1. The van der Waals surface area contributed by atoms with Gasteiger partial charge in [0.15, 0.2) is 0 Å². The van der Waals surface area contributed by atoms with Crippen LogP contribution in [-0.4, -0.2) is 34.6 Å². The van der Waals surface area contributed by atoms with E-state index in [1.807, 2.05) is 0 Å². The Labute approximate surface area is 142 Å². The highest BCUT2D eigenvalue weighted by atomic mass is 19.4. The molecule has 1 rings (SSSR count). The average molecular weight is 367 g/mol. The van der Waals surface area contributed by atoms with Gasteiger partial charge in [-0.1, -0.05) is 0 Å². The minimum atomic E-state index is -4.70. The van der Waals surface area contributed by atoms with Crippen molar-refractivity contribution in [2.75, 3.05) is 6.54 Å². The zero-order valence-electron chi connectivity index (χ0n) is 14.0. The molecule has 0 aromatic heterocycles. The number of amides is 1. The lowest BCUT2D eigenvalue weighted by Gasteiger charge is -2.22. The fourth-order valence-corrected chi connectivity index (χ4v) is 1.95. The van der Waals surface area contributed by atoms with E-state index in [2.05, 4.69) is 5.32 Å². The molecule has 25 heavy (non-hydrogen) atoms. The Morgan fingerprint density at radius 1 is 1.24 bits per heavy atom. The van der Waals surface area contributed by atoms with E-state index >= 15 is 0 Å². The number of hydrogen-bond donors (Lipinski definition) is 3. The fraction of sp³-hybridized carbons (Fsp3) is 0.562. The summed E-state index contributed by atoms with van der Waals surface area (Å²) in [6, 6.07) is 1.57. The summed E-state index contributed by atoms with van der Waals surface area (Å²) in [6.45, 7) is 4.85. The molecule has 0 saturated carbocycles. The summed E-state index contributed by atoms with van der Waals surface area (Å²) >= 11 is 0. The molecule has 1 aromatic rings. The average Bonchev–Trinajstić information content (AvgIpc) is 2.43. The van der Waals surface area contributed by atoms with Gasteiger partial charge in [0.05, 0.1) is 11.7 Å². The lowest BCUT2D eigenvalue weighted by molar-refractivity contribution is -0.137. The number of hydrogen-bond acceptors (Lipinski definition) is 4. The number of carbonyl (C=O) groups is 1. The smallest absolute Gasteiger partial charge is 0.416 e. The van der Waals surface area contributed by atoms with E-state index in [0.29, 0.717) is 18.2 Å². The number of carbonyl (C=O) groups excluding carboxylic acids is 1. The Hall–Kier alpha value is -1.87. The summed E-state index contributed by atoms with van der Waals surface area (Å²) in [5.74, 6) is -1.07. The Bertz CT molecular complexity index is 599. The third-order valence-electron chi connectivity index (χ3n) is 3.11. The number of halogens is 4. The lowest BCUT2D eigenvalue weighted by Crippen LogP contribution is -2.34. The molecule has 0 bridgehead atoms. The van der Waals surface area contributed by atoms with Gasteiger partial charge in [0.25, 0.3) is 0 Å². The standard InChI is InChI=1S/C16H21F4NO4/c1-15(2,3)25-14(24)21-7-6-12(22)13(23)10-8-9(16(18,19)20)4-5-11(10)17/h4-5,8,12-13,22-23H,6-7H2,1-3H3,(H,21,24).